The van der Waals surface area contributed by atoms with Crippen LogP contribution >= 0.6 is 0 Å². The van der Waals surface area contributed by atoms with Gasteiger partial charge in [0.15, 0.2) is 6.79 Å². The summed E-state index contributed by atoms with van der Waals surface area (Å²) in [6, 6.07) is 0. The Morgan fingerprint density at radius 3 is 2.45 bits per heavy atom. The smallest absolute Gasteiger partial charge is 0.488 e. The highest BCUT2D eigenvalue weighted by molar-refractivity contribution is 6.60. The van der Waals surface area contributed by atoms with Gasteiger partial charge in [0.05, 0.1) is 0 Å². The molecule has 0 N–H and O–H groups in total. The van der Waals surface area contributed by atoms with Crippen molar-refractivity contribution in [1.29, 1.82) is 0 Å². The van der Waals surface area contributed by atoms with Crippen LogP contribution in [0.2, 0.25) is 0 Å². The van der Waals surface area contributed by atoms with Crippen LogP contribution in [0.25, 0.3) is 0 Å². The van der Waals surface area contributed by atoms with E-state index in [0.717, 1.165) is 0 Å². The van der Waals surface area contributed by atoms with Crippen molar-refractivity contribution in [3.8, 4) is 0 Å². The van der Waals surface area contributed by atoms with E-state index in [0.29, 0.717) is 0 Å². The third kappa shape index (κ3) is 1.84. The summed E-state index contributed by atoms with van der Waals surface area (Å²) in [4.78, 5) is 0. The molecule has 11 heavy (non-hydrogen) atoms. The third-order valence-corrected chi connectivity index (χ3v) is 4.61. The van der Waals surface area contributed by atoms with E-state index in [1.54, 1.807) is 0 Å². The molecule has 1 aliphatic heterocycles. The van der Waals surface area contributed by atoms with E-state index in [9.17, 15) is 4.46 Å². The van der Waals surface area contributed by atoms with Gasteiger partial charge in [-0.25, -0.2) is 0 Å². The first kappa shape index (κ1) is 8.81. The van der Waals surface area contributed by atoms with Gasteiger partial charge in [0.1, 0.15) is 0 Å². The highest BCUT2D eigenvalue weighted by Gasteiger charge is 2.52. The molecule has 1 aliphatic rings. The van der Waals surface area contributed by atoms with Crippen molar-refractivity contribution in [3.05, 3.63) is 0 Å². The Bertz CT molecular complexity index is 156. The van der Waals surface area contributed by atoms with Gasteiger partial charge in [0.2, 0.25) is 0 Å². The minimum absolute atomic E-state index is 0.105. The van der Waals surface area contributed by atoms with Gasteiger partial charge >= 0.3 is 18.2 Å². The standard InChI is InChI=1S/C3H8O6Si2/c1-5-11(6-2)8-3-7-10(4)9-11/h3H2,1-2H3. The normalized spacial score (nSPS) is 22.2. The van der Waals surface area contributed by atoms with Crippen LogP contribution in [0.5, 0.6) is 0 Å². The maximum atomic E-state index is 10.7. The van der Waals surface area contributed by atoms with E-state index in [4.69, 9.17) is 17.4 Å². The minimum Gasteiger partial charge on any atom is -0.488 e. The molecule has 0 aromatic heterocycles. The fourth-order valence-corrected chi connectivity index (χ4v) is 3.43. The Hall–Kier alpha value is -0.286. The molecule has 0 spiro atoms. The summed E-state index contributed by atoms with van der Waals surface area (Å²) in [5.41, 5.74) is 0. The topological polar surface area (TPSA) is 63.2 Å². The molecule has 0 radical (unpaired) electrons. The molecule has 8 heteroatoms. The van der Waals surface area contributed by atoms with Crippen molar-refractivity contribution in [2.24, 2.45) is 0 Å². The number of hydrogen-bond acceptors (Lipinski definition) is 6. The van der Waals surface area contributed by atoms with Crippen LogP contribution < -0.4 is 0 Å². The lowest BCUT2D eigenvalue weighted by Crippen LogP contribution is -2.53. The van der Waals surface area contributed by atoms with E-state index >= 15 is 0 Å². The van der Waals surface area contributed by atoms with Crippen LogP contribution in [0.4, 0.5) is 0 Å². The fraction of sp³-hybridized carbons (Fsp3) is 1.00. The fourth-order valence-electron chi connectivity index (χ4n) is 0.595. The van der Waals surface area contributed by atoms with Crippen molar-refractivity contribution in [1.82, 2.24) is 0 Å². The molecule has 1 heterocycles. The zero-order valence-electron chi connectivity index (χ0n) is 6.16. The molecule has 6 nitrogen and oxygen atoms in total. The average molecular weight is 196 g/mol. The monoisotopic (exact) mass is 196 g/mol. The minimum atomic E-state index is -3.09. The predicted octanol–water partition coefficient (Wildman–Crippen LogP) is -0.849. The summed E-state index contributed by atoms with van der Waals surface area (Å²) in [6.45, 7) is -0.105. The summed E-state index contributed by atoms with van der Waals surface area (Å²) in [6.07, 6.45) is 0. The lowest BCUT2D eigenvalue weighted by atomic mass is 11.6. The highest BCUT2D eigenvalue weighted by Crippen LogP contribution is 2.13. The first-order chi connectivity index (χ1) is 5.22. The second-order valence-corrected chi connectivity index (χ2v) is 5.38. The number of rotatable bonds is 2. The molecule has 0 saturated carbocycles. The Labute approximate surface area is 66.4 Å². The maximum Gasteiger partial charge on any atom is 0.758 e. The molecule has 0 aromatic rings. The molecule has 64 valence electrons. The first-order valence-corrected chi connectivity index (χ1v) is 5.68. The first-order valence-electron chi connectivity index (χ1n) is 2.82. The molecule has 0 aromatic carbocycles. The molecule has 0 amide bonds. The molecule has 0 atom stereocenters. The molecule has 1 fully saturated rings. The largest absolute Gasteiger partial charge is 0.758 e. The quantitative estimate of drug-likeness (QED) is 0.536. The highest BCUT2D eigenvalue weighted by atomic mass is 28.5. The summed E-state index contributed by atoms with van der Waals surface area (Å²) >= 11 is 0. The van der Waals surface area contributed by atoms with Crippen LogP contribution in [-0.2, 0) is 26.3 Å². The number of hydrogen-bond donors (Lipinski definition) is 0. The van der Waals surface area contributed by atoms with Crippen LogP contribution in [-0.4, -0.2) is 39.2 Å². The van der Waals surface area contributed by atoms with E-state index < -0.39 is 18.2 Å². The van der Waals surface area contributed by atoms with Gasteiger partial charge in [0.25, 0.3) is 0 Å². The predicted molar refractivity (Wildman–Crippen MR) is 34.3 cm³/mol. The second kappa shape index (κ2) is 3.41. The summed E-state index contributed by atoms with van der Waals surface area (Å²) < 4.78 is 34.6. The van der Waals surface area contributed by atoms with Crippen molar-refractivity contribution >= 4 is 18.2 Å². The molecular weight excluding hydrogens is 188 g/mol. The van der Waals surface area contributed by atoms with Gasteiger partial charge in [-0.1, -0.05) is 0 Å². The second-order valence-electron chi connectivity index (χ2n) is 1.67. The molecule has 0 unspecified atom stereocenters. The lowest BCUT2D eigenvalue weighted by Gasteiger charge is -2.27. The Morgan fingerprint density at radius 1 is 1.45 bits per heavy atom. The van der Waals surface area contributed by atoms with Crippen LogP contribution in [0.15, 0.2) is 0 Å². The van der Waals surface area contributed by atoms with Crippen LogP contribution in [0, 0.1) is 0 Å². The molecule has 1 saturated heterocycles. The van der Waals surface area contributed by atoms with Gasteiger partial charge in [-0.05, 0) is 0 Å². The summed E-state index contributed by atoms with van der Waals surface area (Å²) in [7, 11) is -2.83. The van der Waals surface area contributed by atoms with E-state index in [1.807, 2.05) is 0 Å². The summed E-state index contributed by atoms with van der Waals surface area (Å²) in [5.74, 6) is 0. The molecule has 1 rings (SSSR count). The van der Waals surface area contributed by atoms with Crippen molar-refractivity contribution in [3.63, 3.8) is 0 Å². The Kier molecular flexibility index (Phi) is 2.73. The zero-order chi connectivity index (χ0) is 8.32. The SMILES string of the molecule is CO[Si]1(OC)OCO[Si](=O)O1. The van der Waals surface area contributed by atoms with Gasteiger partial charge in [-0.15, -0.1) is 0 Å². The van der Waals surface area contributed by atoms with E-state index in [-0.39, 0.29) is 6.79 Å². The van der Waals surface area contributed by atoms with E-state index in [1.165, 1.54) is 14.2 Å². The van der Waals surface area contributed by atoms with Crippen molar-refractivity contribution < 1.29 is 26.3 Å². The van der Waals surface area contributed by atoms with Crippen molar-refractivity contribution in [2.45, 2.75) is 0 Å². The lowest BCUT2D eigenvalue weighted by molar-refractivity contribution is -0.0660. The van der Waals surface area contributed by atoms with Crippen LogP contribution in [0.1, 0.15) is 0 Å². The van der Waals surface area contributed by atoms with Gasteiger partial charge < -0.3 is 21.8 Å². The zero-order valence-corrected chi connectivity index (χ0v) is 8.16. The molecular formula is C3H8O6Si2. The Morgan fingerprint density at radius 2 is 2.09 bits per heavy atom. The van der Waals surface area contributed by atoms with Gasteiger partial charge in [-0.3, -0.25) is 4.46 Å². The van der Waals surface area contributed by atoms with Crippen molar-refractivity contribution in [2.75, 3.05) is 21.0 Å². The molecule has 0 bridgehead atoms. The third-order valence-electron chi connectivity index (χ3n) is 1.12. The van der Waals surface area contributed by atoms with Gasteiger partial charge in [-0.2, -0.15) is 0 Å². The van der Waals surface area contributed by atoms with Gasteiger partial charge in [0, 0.05) is 14.2 Å². The maximum absolute atomic E-state index is 10.7. The Balaban J connectivity index is 2.59. The summed E-state index contributed by atoms with van der Waals surface area (Å²) in [5, 5.41) is 0. The van der Waals surface area contributed by atoms with Crippen LogP contribution in [0.3, 0.4) is 0 Å². The average Bonchev–Trinajstić information content (AvgIpc) is 2.04. The van der Waals surface area contributed by atoms with E-state index in [2.05, 4.69) is 4.43 Å². The molecule has 0 aliphatic carbocycles.